The van der Waals surface area contributed by atoms with Gasteiger partial charge in [0.05, 0.1) is 0 Å². The maximum Gasteiger partial charge on any atom is 0.130 e. The second-order valence-electron chi connectivity index (χ2n) is 5.39. The van der Waals surface area contributed by atoms with Gasteiger partial charge in [0.15, 0.2) is 0 Å². The molecule has 1 unspecified atom stereocenters. The van der Waals surface area contributed by atoms with Gasteiger partial charge in [0.2, 0.25) is 0 Å². The van der Waals surface area contributed by atoms with Crippen LogP contribution in [0.25, 0.3) is 0 Å². The number of hydrogen-bond acceptors (Lipinski definition) is 3. The van der Waals surface area contributed by atoms with Crippen LogP contribution in [0.1, 0.15) is 38.5 Å². The Morgan fingerprint density at radius 3 is 2.76 bits per heavy atom. The molecule has 1 saturated heterocycles. The van der Waals surface area contributed by atoms with Crippen molar-refractivity contribution in [3.05, 3.63) is 18.3 Å². The van der Waals surface area contributed by atoms with Crippen LogP contribution in [-0.4, -0.2) is 17.6 Å². The van der Waals surface area contributed by atoms with E-state index in [4.69, 9.17) is 5.73 Å². The minimum absolute atomic E-state index is 0.715. The van der Waals surface area contributed by atoms with Gasteiger partial charge in [-0.1, -0.05) is 12.8 Å². The van der Waals surface area contributed by atoms with E-state index in [9.17, 15) is 0 Å². The topological polar surface area (TPSA) is 42.1 Å². The van der Waals surface area contributed by atoms with Crippen molar-refractivity contribution in [2.75, 3.05) is 17.2 Å². The van der Waals surface area contributed by atoms with Crippen LogP contribution in [0.2, 0.25) is 0 Å². The molecule has 1 saturated carbocycles. The molecule has 2 fully saturated rings. The number of anilines is 2. The Morgan fingerprint density at radius 1 is 1.18 bits per heavy atom. The molecule has 3 nitrogen and oxygen atoms in total. The van der Waals surface area contributed by atoms with Crippen molar-refractivity contribution in [2.24, 2.45) is 5.92 Å². The van der Waals surface area contributed by atoms with E-state index in [1.54, 1.807) is 0 Å². The second-order valence-corrected chi connectivity index (χ2v) is 5.39. The second kappa shape index (κ2) is 4.55. The zero-order valence-corrected chi connectivity index (χ0v) is 10.3. The number of nitrogens with zero attached hydrogens (tertiary/aromatic N) is 2. The molecule has 0 amide bonds. The molecule has 1 aliphatic heterocycles. The zero-order valence-electron chi connectivity index (χ0n) is 10.3. The first-order chi connectivity index (χ1) is 8.34. The number of aromatic nitrogens is 1. The molecule has 0 spiro atoms. The normalized spacial score (nSPS) is 25.6. The monoisotopic (exact) mass is 231 g/mol. The lowest BCUT2D eigenvalue weighted by atomic mass is 9.96. The highest BCUT2D eigenvalue weighted by Gasteiger charge is 2.33. The summed E-state index contributed by atoms with van der Waals surface area (Å²) >= 11 is 0. The Labute approximate surface area is 103 Å². The summed E-state index contributed by atoms with van der Waals surface area (Å²) in [5.74, 6) is 1.97. The first kappa shape index (κ1) is 10.9. The van der Waals surface area contributed by atoms with Crippen LogP contribution in [0.5, 0.6) is 0 Å². The summed E-state index contributed by atoms with van der Waals surface area (Å²) in [6.07, 6.45) is 10.1. The van der Waals surface area contributed by atoms with E-state index in [-0.39, 0.29) is 0 Å². The van der Waals surface area contributed by atoms with Crippen LogP contribution < -0.4 is 10.6 Å². The molecule has 1 atom stereocenters. The molecule has 92 valence electrons. The van der Waals surface area contributed by atoms with Gasteiger partial charge >= 0.3 is 0 Å². The maximum atomic E-state index is 5.86. The zero-order chi connectivity index (χ0) is 11.7. The summed E-state index contributed by atoms with van der Waals surface area (Å²) in [5, 5.41) is 0. The van der Waals surface area contributed by atoms with Crippen LogP contribution in [-0.2, 0) is 0 Å². The van der Waals surface area contributed by atoms with Crippen molar-refractivity contribution >= 4 is 11.5 Å². The Bertz CT molecular complexity index is 385. The van der Waals surface area contributed by atoms with E-state index >= 15 is 0 Å². The van der Waals surface area contributed by atoms with Gasteiger partial charge < -0.3 is 10.6 Å². The van der Waals surface area contributed by atoms with Gasteiger partial charge in [0.1, 0.15) is 5.82 Å². The Morgan fingerprint density at radius 2 is 2.00 bits per heavy atom. The predicted molar refractivity (Wildman–Crippen MR) is 71.0 cm³/mol. The van der Waals surface area contributed by atoms with E-state index < -0.39 is 0 Å². The fourth-order valence-electron chi connectivity index (χ4n) is 3.50. The molecule has 17 heavy (non-hydrogen) atoms. The average molecular weight is 231 g/mol. The number of nitrogens with two attached hydrogens (primary N) is 1. The molecular formula is C14H21N3. The molecule has 3 rings (SSSR count). The third kappa shape index (κ3) is 2.11. The molecule has 0 aromatic carbocycles. The third-order valence-electron chi connectivity index (χ3n) is 4.31. The van der Waals surface area contributed by atoms with Crippen molar-refractivity contribution < 1.29 is 0 Å². The minimum Gasteiger partial charge on any atom is -0.399 e. The molecule has 1 aromatic rings. The smallest absolute Gasteiger partial charge is 0.130 e. The summed E-state index contributed by atoms with van der Waals surface area (Å²) in [4.78, 5) is 6.98. The average Bonchev–Trinajstić information content (AvgIpc) is 3.00. The maximum absolute atomic E-state index is 5.86. The first-order valence-corrected chi connectivity index (χ1v) is 6.83. The van der Waals surface area contributed by atoms with E-state index in [1.807, 2.05) is 18.3 Å². The molecular weight excluding hydrogens is 210 g/mol. The highest BCUT2D eigenvalue weighted by atomic mass is 15.2. The van der Waals surface area contributed by atoms with Crippen LogP contribution >= 0.6 is 0 Å². The van der Waals surface area contributed by atoms with Crippen LogP contribution in [0, 0.1) is 5.92 Å². The number of rotatable bonds is 2. The quantitative estimate of drug-likeness (QED) is 0.851. The number of pyridine rings is 1. The van der Waals surface area contributed by atoms with Gasteiger partial charge in [-0.25, -0.2) is 4.98 Å². The Balaban J connectivity index is 1.81. The number of nitrogen functional groups attached to an aromatic ring is 1. The summed E-state index contributed by atoms with van der Waals surface area (Å²) in [6, 6.07) is 4.60. The van der Waals surface area contributed by atoms with Crippen molar-refractivity contribution in [1.82, 2.24) is 4.98 Å². The lowest BCUT2D eigenvalue weighted by Crippen LogP contribution is -2.35. The van der Waals surface area contributed by atoms with Gasteiger partial charge in [-0.2, -0.15) is 0 Å². The van der Waals surface area contributed by atoms with E-state index in [0.717, 1.165) is 24.0 Å². The predicted octanol–water partition coefficient (Wildman–Crippen LogP) is 2.82. The lowest BCUT2D eigenvalue weighted by molar-refractivity contribution is 0.429. The van der Waals surface area contributed by atoms with Crippen LogP contribution in [0.15, 0.2) is 18.3 Å². The highest BCUT2D eigenvalue weighted by molar-refractivity contribution is 5.51. The van der Waals surface area contributed by atoms with Crippen LogP contribution in [0.4, 0.5) is 11.5 Å². The van der Waals surface area contributed by atoms with E-state index in [2.05, 4.69) is 9.88 Å². The Kier molecular flexibility index (Phi) is 2.91. The first-order valence-electron chi connectivity index (χ1n) is 6.83. The van der Waals surface area contributed by atoms with Gasteiger partial charge in [0.25, 0.3) is 0 Å². The third-order valence-corrected chi connectivity index (χ3v) is 4.31. The molecule has 0 radical (unpaired) electrons. The summed E-state index contributed by atoms with van der Waals surface area (Å²) in [6.45, 7) is 1.15. The fraction of sp³-hybridized carbons (Fsp3) is 0.643. The SMILES string of the molecule is Nc1ccnc(N2CCCC2C2CCCC2)c1. The molecule has 1 aromatic heterocycles. The molecule has 2 N–H and O–H groups in total. The van der Waals surface area contributed by atoms with Crippen molar-refractivity contribution in [2.45, 2.75) is 44.6 Å². The molecule has 1 aliphatic carbocycles. The van der Waals surface area contributed by atoms with Gasteiger partial charge in [-0.05, 0) is 37.7 Å². The summed E-state index contributed by atoms with van der Waals surface area (Å²) in [5.41, 5.74) is 6.68. The van der Waals surface area contributed by atoms with Crippen molar-refractivity contribution in [1.29, 1.82) is 0 Å². The molecule has 3 heteroatoms. The fourth-order valence-corrected chi connectivity index (χ4v) is 3.50. The lowest BCUT2D eigenvalue weighted by Gasteiger charge is -2.30. The summed E-state index contributed by atoms with van der Waals surface area (Å²) in [7, 11) is 0. The minimum atomic E-state index is 0.715. The van der Waals surface area contributed by atoms with Gasteiger partial charge in [-0.3, -0.25) is 0 Å². The van der Waals surface area contributed by atoms with Crippen molar-refractivity contribution in [3.63, 3.8) is 0 Å². The molecule has 0 bridgehead atoms. The van der Waals surface area contributed by atoms with E-state index in [1.165, 1.54) is 38.5 Å². The highest BCUT2D eigenvalue weighted by Crippen LogP contribution is 2.37. The Hall–Kier alpha value is -1.25. The van der Waals surface area contributed by atoms with Gasteiger partial charge in [0, 0.05) is 30.5 Å². The van der Waals surface area contributed by atoms with Crippen LogP contribution in [0.3, 0.4) is 0 Å². The standard InChI is InChI=1S/C14H21N3/c15-12-7-8-16-14(10-12)17-9-3-6-13(17)11-4-1-2-5-11/h7-8,10-11,13H,1-6,9H2,(H2,15,16). The molecule has 2 aliphatic rings. The van der Waals surface area contributed by atoms with E-state index in [0.29, 0.717) is 6.04 Å². The number of hydrogen-bond donors (Lipinski definition) is 1. The largest absolute Gasteiger partial charge is 0.399 e. The summed E-state index contributed by atoms with van der Waals surface area (Å²) < 4.78 is 0. The van der Waals surface area contributed by atoms with Gasteiger partial charge in [-0.15, -0.1) is 0 Å². The molecule has 2 heterocycles. The van der Waals surface area contributed by atoms with Crippen molar-refractivity contribution in [3.8, 4) is 0 Å².